The maximum Gasteiger partial charge on any atom is 0.253 e. The highest BCUT2D eigenvalue weighted by molar-refractivity contribution is 6.36. The van der Waals surface area contributed by atoms with Crippen molar-refractivity contribution in [2.24, 2.45) is 5.92 Å². The van der Waals surface area contributed by atoms with E-state index in [0.717, 1.165) is 6.42 Å². The third-order valence-corrected chi connectivity index (χ3v) is 3.94. The number of rotatable bonds is 7. The quantitative estimate of drug-likeness (QED) is 0.708. The number of carbonyl (C=O) groups is 2. The van der Waals surface area contributed by atoms with Crippen LogP contribution in [0, 0.1) is 5.92 Å². The van der Waals surface area contributed by atoms with Crippen molar-refractivity contribution in [1.82, 2.24) is 10.6 Å². The van der Waals surface area contributed by atoms with Gasteiger partial charge in [-0.3, -0.25) is 9.59 Å². The van der Waals surface area contributed by atoms with E-state index >= 15 is 0 Å². The summed E-state index contributed by atoms with van der Waals surface area (Å²) in [6, 6.07) is 4.50. The van der Waals surface area contributed by atoms with Crippen molar-refractivity contribution >= 4 is 35.0 Å². The van der Waals surface area contributed by atoms with Gasteiger partial charge in [0.15, 0.2) is 0 Å². The Kier molecular flexibility index (Phi) is 7.65. The van der Waals surface area contributed by atoms with Crippen LogP contribution in [0.4, 0.5) is 0 Å². The molecule has 0 aliphatic heterocycles. The molecule has 0 fully saturated rings. The number of amides is 2. The first kappa shape index (κ1) is 18.7. The summed E-state index contributed by atoms with van der Waals surface area (Å²) in [4.78, 5) is 23.5. The van der Waals surface area contributed by atoms with E-state index in [1.165, 1.54) is 12.1 Å². The number of aliphatic hydroxyl groups is 1. The summed E-state index contributed by atoms with van der Waals surface area (Å²) >= 11 is 11.7. The Balaban J connectivity index is 2.42. The van der Waals surface area contributed by atoms with Gasteiger partial charge in [-0.25, -0.2) is 0 Å². The van der Waals surface area contributed by atoms with Crippen LogP contribution >= 0.6 is 23.2 Å². The van der Waals surface area contributed by atoms with Crippen molar-refractivity contribution in [3.05, 3.63) is 33.8 Å². The number of halogens is 2. The fourth-order valence-corrected chi connectivity index (χ4v) is 2.18. The normalized spacial score (nSPS) is 13.3. The Morgan fingerprint density at radius 3 is 2.55 bits per heavy atom. The maximum absolute atomic E-state index is 11.9. The second-order valence-electron chi connectivity index (χ2n) is 5.06. The Labute approximate surface area is 140 Å². The average molecular weight is 347 g/mol. The van der Waals surface area contributed by atoms with E-state index < -0.39 is 12.0 Å². The van der Waals surface area contributed by atoms with Gasteiger partial charge in [-0.05, 0) is 24.1 Å². The standard InChI is InChI=1S/C15H20Cl2N2O3/c1-3-9(2)13(20)7-18-14(21)8-19-15(22)11-5-4-10(16)6-12(11)17/h4-6,9,13,20H,3,7-8H2,1-2H3,(H,18,21)(H,19,22). The molecule has 2 unspecified atom stereocenters. The van der Waals surface area contributed by atoms with E-state index in [4.69, 9.17) is 23.2 Å². The molecule has 1 aromatic rings. The number of nitrogens with one attached hydrogen (secondary N) is 2. The molecule has 0 heterocycles. The van der Waals surface area contributed by atoms with Gasteiger partial charge in [0.1, 0.15) is 0 Å². The summed E-state index contributed by atoms with van der Waals surface area (Å²) in [5, 5.41) is 15.4. The summed E-state index contributed by atoms with van der Waals surface area (Å²) in [6.07, 6.45) is 0.221. The van der Waals surface area contributed by atoms with E-state index in [9.17, 15) is 14.7 Å². The summed E-state index contributed by atoms with van der Waals surface area (Å²) in [5.41, 5.74) is 0.249. The van der Waals surface area contributed by atoms with Crippen LogP contribution in [0.15, 0.2) is 18.2 Å². The molecule has 0 aliphatic carbocycles. The van der Waals surface area contributed by atoms with Crippen LogP contribution in [0.25, 0.3) is 0 Å². The molecule has 0 saturated heterocycles. The van der Waals surface area contributed by atoms with E-state index in [1.54, 1.807) is 6.07 Å². The highest BCUT2D eigenvalue weighted by Crippen LogP contribution is 2.20. The molecule has 7 heteroatoms. The molecule has 2 amide bonds. The fourth-order valence-electron chi connectivity index (χ4n) is 1.68. The molecule has 0 bridgehead atoms. The summed E-state index contributed by atoms with van der Waals surface area (Å²) in [5.74, 6) is -0.733. The lowest BCUT2D eigenvalue weighted by Gasteiger charge is -2.17. The molecule has 0 aliphatic rings. The van der Waals surface area contributed by atoms with Gasteiger partial charge >= 0.3 is 0 Å². The molecule has 3 N–H and O–H groups in total. The second kappa shape index (κ2) is 8.98. The zero-order chi connectivity index (χ0) is 16.7. The summed E-state index contributed by atoms with van der Waals surface area (Å²) in [6.45, 7) is 3.84. The van der Waals surface area contributed by atoms with Crippen LogP contribution in [-0.4, -0.2) is 36.1 Å². The van der Waals surface area contributed by atoms with E-state index in [2.05, 4.69) is 10.6 Å². The molecule has 0 aromatic heterocycles. The number of carbonyl (C=O) groups excluding carboxylic acids is 2. The molecule has 2 atom stereocenters. The van der Waals surface area contributed by atoms with Crippen LogP contribution in [0.5, 0.6) is 0 Å². The predicted molar refractivity (Wildman–Crippen MR) is 87.3 cm³/mol. The maximum atomic E-state index is 11.9. The van der Waals surface area contributed by atoms with Crippen LogP contribution in [0.3, 0.4) is 0 Å². The number of hydrogen-bond acceptors (Lipinski definition) is 3. The van der Waals surface area contributed by atoms with Crippen molar-refractivity contribution in [3.63, 3.8) is 0 Å². The van der Waals surface area contributed by atoms with Crippen LogP contribution in [0.1, 0.15) is 30.6 Å². The van der Waals surface area contributed by atoms with Gasteiger partial charge in [-0.2, -0.15) is 0 Å². The van der Waals surface area contributed by atoms with Crippen LogP contribution in [0.2, 0.25) is 10.0 Å². The Bertz CT molecular complexity index is 538. The third kappa shape index (κ3) is 5.83. The van der Waals surface area contributed by atoms with Crippen molar-refractivity contribution < 1.29 is 14.7 Å². The van der Waals surface area contributed by atoms with Crippen molar-refractivity contribution in [1.29, 1.82) is 0 Å². The molecule has 1 aromatic carbocycles. The molecule has 1 rings (SSSR count). The van der Waals surface area contributed by atoms with Gasteiger partial charge in [0, 0.05) is 11.6 Å². The molecule has 0 saturated carbocycles. The first-order valence-electron chi connectivity index (χ1n) is 7.03. The molecular formula is C15H20Cl2N2O3. The van der Waals surface area contributed by atoms with E-state index in [0.29, 0.717) is 5.02 Å². The highest BCUT2D eigenvalue weighted by atomic mass is 35.5. The van der Waals surface area contributed by atoms with Crippen LogP contribution in [-0.2, 0) is 4.79 Å². The first-order valence-corrected chi connectivity index (χ1v) is 7.78. The van der Waals surface area contributed by atoms with Gasteiger partial charge in [0.2, 0.25) is 5.91 Å². The second-order valence-corrected chi connectivity index (χ2v) is 5.91. The third-order valence-electron chi connectivity index (χ3n) is 3.39. The molecular weight excluding hydrogens is 327 g/mol. The van der Waals surface area contributed by atoms with Crippen molar-refractivity contribution in [3.8, 4) is 0 Å². The van der Waals surface area contributed by atoms with Gasteiger partial charge in [0.25, 0.3) is 5.91 Å². The molecule has 22 heavy (non-hydrogen) atoms. The van der Waals surface area contributed by atoms with Gasteiger partial charge in [-0.1, -0.05) is 43.5 Å². The minimum Gasteiger partial charge on any atom is -0.391 e. The fraction of sp³-hybridized carbons (Fsp3) is 0.467. The van der Waals surface area contributed by atoms with Crippen molar-refractivity contribution in [2.75, 3.05) is 13.1 Å². The lowest BCUT2D eigenvalue weighted by Crippen LogP contribution is -2.41. The zero-order valence-corrected chi connectivity index (χ0v) is 14.0. The van der Waals surface area contributed by atoms with Gasteiger partial charge in [0.05, 0.1) is 23.2 Å². The summed E-state index contributed by atoms with van der Waals surface area (Å²) in [7, 11) is 0. The smallest absolute Gasteiger partial charge is 0.253 e. The number of hydrogen-bond donors (Lipinski definition) is 3. The van der Waals surface area contributed by atoms with Gasteiger partial charge in [-0.15, -0.1) is 0 Å². The largest absolute Gasteiger partial charge is 0.391 e. The van der Waals surface area contributed by atoms with Gasteiger partial charge < -0.3 is 15.7 Å². The molecule has 0 radical (unpaired) electrons. The average Bonchev–Trinajstić information content (AvgIpc) is 2.49. The topological polar surface area (TPSA) is 78.4 Å². The van der Waals surface area contributed by atoms with E-state index in [-0.39, 0.29) is 35.5 Å². The first-order chi connectivity index (χ1) is 10.3. The van der Waals surface area contributed by atoms with E-state index in [1.807, 2.05) is 13.8 Å². The SMILES string of the molecule is CCC(C)C(O)CNC(=O)CNC(=O)c1ccc(Cl)cc1Cl. The minimum atomic E-state index is -0.602. The molecule has 122 valence electrons. The number of aliphatic hydroxyl groups excluding tert-OH is 1. The van der Waals surface area contributed by atoms with Crippen molar-refractivity contribution in [2.45, 2.75) is 26.4 Å². The number of benzene rings is 1. The Morgan fingerprint density at radius 1 is 1.27 bits per heavy atom. The summed E-state index contributed by atoms with van der Waals surface area (Å²) < 4.78 is 0. The Hall–Kier alpha value is -1.30. The lowest BCUT2D eigenvalue weighted by molar-refractivity contribution is -0.120. The predicted octanol–water partition coefficient (Wildman–Crippen LogP) is 2.25. The molecule has 5 nitrogen and oxygen atoms in total. The molecule has 0 spiro atoms. The highest BCUT2D eigenvalue weighted by Gasteiger charge is 2.15. The lowest BCUT2D eigenvalue weighted by atomic mass is 10.0. The van der Waals surface area contributed by atoms with Crippen LogP contribution < -0.4 is 10.6 Å². The Morgan fingerprint density at radius 2 is 1.95 bits per heavy atom. The minimum absolute atomic E-state index is 0.0998. The monoisotopic (exact) mass is 346 g/mol. The zero-order valence-electron chi connectivity index (χ0n) is 12.5.